The molecule has 7 heteroatoms. The van der Waals surface area contributed by atoms with Crippen LogP contribution in [0, 0.1) is 0 Å². The zero-order chi connectivity index (χ0) is 20.0. The Morgan fingerprint density at radius 1 is 1.19 bits per heavy atom. The number of ether oxygens (including phenoxy) is 1. The lowest BCUT2D eigenvalue weighted by Gasteiger charge is -2.42. The number of carbonyl (C=O) groups excluding carboxylic acids is 2. The van der Waals surface area contributed by atoms with Crippen molar-refractivity contribution in [1.29, 1.82) is 0 Å². The number of anilines is 1. The molecule has 1 aromatic heterocycles. The summed E-state index contributed by atoms with van der Waals surface area (Å²) < 4.78 is 5.02. The Morgan fingerprint density at radius 2 is 1.81 bits per heavy atom. The van der Waals surface area contributed by atoms with E-state index in [1.165, 1.54) is 18.4 Å². The quantitative estimate of drug-likeness (QED) is 0.731. The summed E-state index contributed by atoms with van der Waals surface area (Å²) in [4.78, 5) is 26.3. The van der Waals surface area contributed by atoms with Gasteiger partial charge in [0.05, 0.1) is 12.7 Å². The van der Waals surface area contributed by atoms with Gasteiger partial charge >= 0.3 is 5.97 Å². The third-order valence-corrected chi connectivity index (χ3v) is 6.29. The van der Waals surface area contributed by atoms with Crippen molar-refractivity contribution in [3.8, 4) is 0 Å². The maximum absolute atomic E-state index is 12.7. The van der Waals surface area contributed by atoms with Crippen LogP contribution in [-0.2, 0) is 16.7 Å². The highest BCUT2D eigenvalue weighted by atomic mass is 35.5. The van der Waals surface area contributed by atoms with Gasteiger partial charge in [0.2, 0.25) is 0 Å². The minimum Gasteiger partial charge on any atom is -0.465 e. The van der Waals surface area contributed by atoms with Gasteiger partial charge in [0.1, 0.15) is 5.00 Å². The van der Waals surface area contributed by atoms with Gasteiger partial charge in [-0.1, -0.05) is 11.6 Å². The lowest BCUT2D eigenvalue weighted by atomic mass is 9.81. The first-order valence-corrected chi connectivity index (χ1v) is 9.84. The number of amides is 1. The van der Waals surface area contributed by atoms with E-state index in [0.29, 0.717) is 27.6 Å². The minimum absolute atomic E-state index is 0.183. The lowest BCUT2D eigenvalue weighted by molar-refractivity contribution is 0.0600. The zero-order valence-electron chi connectivity index (χ0n) is 16.0. The van der Waals surface area contributed by atoms with Gasteiger partial charge in [-0.25, -0.2) is 4.79 Å². The fraction of sp³-hybridized carbons (Fsp3) is 0.400. The molecule has 2 N–H and O–H groups in total. The van der Waals surface area contributed by atoms with Crippen molar-refractivity contribution in [3.05, 3.63) is 50.9 Å². The third-order valence-electron chi connectivity index (χ3n) is 4.57. The summed E-state index contributed by atoms with van der Waals surface area (Å²) in [5.41, 5.74) is 1.35. The van der Waals surface area contributed by atoms with Crippen LogP contribution in [-0.4, -0.2) is 24.5 Å². The molecule has 27 heavy (non-hydrogen) atoms. The first-order chi connectivity index (χ1) is 12.5. The van der Waals surface area contributed by atoms with Gasteiger partial charge in [-0.3, -0.25) is 4.79 Å². The summed E-state index contributed by atoms with van der Waals surface area (Å²) in [6.45, 7) is 8.36. The van der Waals surface area contributed by atoms with Crippen molar-refractivity contribution in [2.45, 2.75) is 45.2 Å². The molecule has 1 amide bonds. The molecule has 0 unspecified atom stereocenters. The fourth-order valence-electron chi connectivity index (χ4n) is 3.71. The summed E-state index contributed by atoms with van der Waals surface area (Å²) in [6, 6.07) is 6.62. The largest absolute Gasteiger partial charge is 0.465 e. The van der Waals surface area contributed by atoms with E-state index < -0.39 is 5.97 Å². The summed E-state index contributed by atoms with van der Waals surface area (Å²) >= 11 is 7.31. The van der Waals surface area contributed by atoms with Crippen LogP contribution >= 0.6 is 22.9 Å². The number of thiophene rings is 1. The average molecular weight is 407 g/mol. The van der Waals surface area contributed by atoms with Gasteiger partial charge in [-0.15, -0.1) is 11.3 Å². The number of hydrogen-bond donors (Lipinski definition) is 2. The monoisotopic (exact) mass is 406 g/mol. The molecule has 0 atom stereocenters. The van der Waals surface area contributed by atoms with Crippen LogP contribution in [0.1, 0.15) is 58.9 Å². The second-order valence-electron chi connectivity index (χ2n) is 7.88. The second-order valence-corrected chi connectivity index (χ2v) is 9.33. The van der Waals surface area contributed by atoms with Gasteiger partial charge in [0.15, 0.2) is 0 Å². The summed E-state index contributed by atoms with van der Waals surface area (Å²) in [5, 5.41) is 7.57. The molecule has 2 aromatic rings. The maximum Gasteiger partial charge on any atom is 0.341 e. The molecule has 1 aliphatic heterocycles. The third kappa shape index (κ3) is 3.88. The van der Waals surface area contributed by atoms with Crippen LogP contribution in [0.15, 0.2) is 24.3 Å². The smallest absolute Gasteiger partial charge is 0.341 e. The Hall–Kier alpha value is -1.89. The van der Waals surface area contributed by atoms with Gasteiger partial charge in [0.25, 0.3) is 5.91 Å². The van der Waals surface area contributed by atoms with Gasteiger partial charge in [-0.2, -0.15) is 0 Å². The highest BCUT2D eigenvalue weighted by Crippen LogP contribution is 2.45. The second kappa shape index (κ2) is 6.93. The Labute approximate surface area is 168 Å². The summed E-state index contributed by atoms with van der Waals surface area (Å²) in [5.74, 6) is -0.729. The van der Waals surface area contributed by atoms with E-state index in [9.17, 15) is 9.59 Å². The first-order valence-electron chi connectivity index (χ1n) is 8.65. The summed E-state index contributed by atoms with van der Waals surface area (Å²) in [6.07, 6.45) is 0.670. The first kappa shape index (κ1) is 19.9. The minimum atomic E-state index is -0.438. The molecule has 144 valence electrons. The van der Waals surface area contributed by atoms with Crippen LogP contribution in [0.5, 0.6) is 0 Å². The number of carbonyl (C=O) groups is 2. The number of esters is 1. The normalized spacial score (nSPS) is 17.1. The van der Waals surface area contributed by atoms with Crippen LogP contribution in [0.3, 0.4) is 0 Å². The number of rotatable bonds is 3. The van der Waals surface area contributed by atoms with E-state index >= 15 is 0 Å². The van der Waals surface area contributed by atoms with Crippen molar-refractivity contribution in [2.24, 2.45) is 0 Å². The van der Waals surface area contributed by atoms with E-state index in [-0.39, 0.29) is 17.0 Å². The summed E-state index contributed by atoms with van der Waals surface area (Å²) in [7, 11) is 1.36. The van der Waals surface area contributed by atoms with Crippen molar-refractivity contribution in [2.75, 3.05) is 12.4 Å². The van der Waals surface area contributed by atoms with Gasteiger partial charge in [0, 0.05) is 26.5 Å². The number of nitrogens with one attached hydrogen (secondary N) is 2. The molecule has 0 radical (unpaired) electrons. The number of halogens is 1. The van der Waals surface area contributed by atoms with Gasteiger partial charge in [-0.05, 0) is 63.9 Å². The average Bonchev–Trinajstić information content (AvgIpc) is 2.91. The van der Waals surface area contributed by atoms with Crippen molar-refractivity contribution < 1.29 is 14.3 Å². The Balaban J connectivity index is 2.06. The Kier molecular flexibility index (Phi) is 5.10. The van der Waals surface area contributed by atoms with Crippen molar-refractivity contribution >= 4 is 39.8 Å². The molecule has 0 saturated carbocycles. The van der Waals surface area contributed by atoms with E-state index in [4.69, 9.17) is 16.3 Å². The van der Waals surface area contributed by atoms with E-state index in [0.717, 1.165) is 10.4 Å². The Morgan fingerprint density at radius 3 is 2.41 bits per heavy atom. The van der Waals surface area contributed by atoms with E-state index in [2.05, 4.69) is 38.3 Å². The molecule has 1 aromatic carbocycles. The highest BCUT2D eigenvalue weighted by Gasteiger charge is 2.42. The van der Waals surface area contributed by atoms with Crippen LogP contribution in [0.25, 0.3) is 0 Å². The molecule has 0 spiro atoms. The zero-order valence-corrected chi connectivity index (χ0v) is 17.6. The molecule has 0 fully saturated rings. The number of hydrogen-bond acceptors (Lipinski definition) is 5. The predicted molar refractivity (Wildman–Crippen MR) is 109 cm³/mol. The molecule has 0 saturated heterocycles. The molecule has 0 aliphatic carbocycles. The highest BCUT2D eigenvalue weighted by molar-refractivity contribution is 7.17. The molecule has 1 aliphatic rings. The SMILES string of the molecule is COC(=O)c1c(NC(=O)c2ccc(Cl)cc2)sc2c1CC(C)(C)NC2(C)C. The molecule has 2 heterocycles. The molecule has 0 bridgehead atoms. The topological polar surface area (TPSA) is 67.4 Å². The van der Waals surface area contributed by atoms with Crippen molar-refractivity contribution in [3.63, 3.8) is 0 Å². The van der Waals surface area contributed by atoms with Crippen LogP contribution < -0.4 is 10.6 Å². The lowest BCUT2D eigenvalue weighted by Crippen LogP contribution is -2.55. The number of benzene rings is 1. The number of methoxy groups -OCH3 is 1. The van der Waals surface area contributed by atoms with E-state index in [1.807, 2.05) is 0 Å². The van der Waals surface area contributed by atoms with Crippen LogP contribution in [0.2, 0.25) is 5.02 Å². The fourth-order valence-corrected chi connectivity index (χ4v) is 5.10. The Bertz CT molecular complexity index is 901. The van der Waals surface area contributed by atoms with E-state index in [1.54, 1.807) is 24.3 Å². The number of fused-ring (bicyclic) bond motifs is 1. The molecule has 5 nitrogen and oxygen atoms in total. The molecular weight excluding hydrogens is 384 g/mol. The van der Waals surface area contributed by atoms with Crippen LogP contribution in [0.4, 0.5) is 5.00 Å². The molecular formula is C20H23ClN2O3S. The maximum atomic E-state index is 12.7. The predicted octanol–water partition coefficient (Wildman–Crippen LogP) is 4.60. The van der Waals surface area contributed by atoms with Gasteiger partial charge < -0.3 is 15.4 Å². The standard InChI is InChI=1S/C20H23ClN2O3S/c1-19(2)10-13-14(18(25)26-5)17(27-15(13)20(3,4)23-19)22-16(24)11-6-8-12(21)9-7-11/h6-9,23H,10H2,1-5H3,(H,22,24). The van der Waals surface area contributed by atoms with Crippen molar-refractivity contribution in [1.82, 2.24) is 5.32 Å². The molecule has 3 rings (SSSR count).